The highest BCUT2D eigenvalue weighted by atomic mass is 79.9. The van der Waals surface area contributed by atoms with Crippen LogP contribution in [0.4, 0.5) is 11.4 Å². The summed E-state index contributed by atoms with van der Waals surface area (Å²) in [6, 6.07) is 17.1. The van der Waals surface area contributed by atoms with E-state index in [1.165, 1.54) is 42.5 Å². The normalized spacial score (nSPS) is 10.9. The first kappa shape index (κ1) is 24.0. The van der Waals surface area contributed by atoms with Crippen molar-refractivity contribution in [1.82, 2.24) is 0 Å². The van der Waals surface area contributed by atoms with Crippen LogP contribution in [0.3, 0.4) is 0 Å². The van der Waals surface area contributed by atoms with Gasteiger partial charge in [0.25, 0.3) is 11.6 Å². The summed E-state index contributed by atoms with van der Waals surface area (Å²) in [5, 5.41) is 32.3. The molecule has 0 atom stereocenters. The Hall–Kier alpha value is -3.68. The Kier molecular flexibility index (Phi) is 7.82. The molecule has 1 amide bonds. The first-order valence-corrected chi connectivity index (χ1v) is 10.9. The summed E-state index contributed by atoms with van der Waals surface area (Å²) in [5.74, 6) is -0.180. The van der Waals surface area contributed by atoms with Gasteiger partial charge in [0, 0.05) is 27.9 Å². The second-order valence-electron chi connectivity index (χ2n) is 6.69. The maximum absolute atomic E-state index is 12.6. The lowest BCUT2D eigenvalue weighted by Crippen LogP contribution is -2.13. The molecule has 0 unspecified atom stereocenters. The fraction of sp³-hybridized carbons (Fsp3) is 0.0435. The second kappa shape index (κ2) is 10.8. The van der Waals surface area contributed by atoms with E-state index in [0.717, 1.165) is 0 Å². The molecular weight excluding hydrogens is 558 g/mol. The summed E-state index contributed by atoms with van der Waals surface area (Å²) < 4.78 is 7.19. The number of halogens is 2. The van der Waals surface area contributed by atoms with E-state index < -0.39 is 10.8 Å². The molecule has 0 aliphatic rings. The Morgan fingerprint density at radius 2 is 1.82 bits per heavy atom. The number of benzene rings is 3. The van der Waals surface area contributed by atoms with E-state index >= 15 is 0 Å². The molecule has 0 heterocycles. The number of hydrogen-bond donors (Lipinski definition) is 2. The van der Waals surface area contributed by atoms with E-state index in [1.807, 2.05) is 6.07 Å². The van der Waals surface area contributed by atoms with E-state index in [-0.39, 0.29) is 23.6 Å². The third kappa shape index (κ3) is 6.41. The largest absolute Gasteiger partial charge is 0.508 e. The highest BCUT2D eigenvalue weighted by Gasteiger charge is 2.15. The Balaban J connectivity index is 1.85. The van der Waals surface area contributed by atoms with Crippen molar-refractivity contribution in [3.05, 3.63) is 96.4 Å². The predicted molar refractivity (Wildman–Crippen MR) is 130 cm³/mol. The molecule has 0 fully saturated rings. The quantitative estimate of drug-likeness (QED) is 0.118. The molecule has 3 rings (SSSR count). The fourth-order valence-corrected chi connectivity index (χ4v) is 4.13. The van der Waals surface area contributed by atoms with Gasteiger partial charge in [-0.3, -0.25) is 14.9 Å². The average Bonchev–Trinajstić information content (AvgIpc) is 2.78. The number of carbonyl (C=O) groups is 1. The van der Waals surface area contributed by atoms with Crippen molar-refractivity contribution >= 4 is 55.2 Å². The van der Waals surface area contributed by atoms with Crippen LogP contribution in [0.5, 0.6) is 11.5 Å². The third-order valence-corrected chi connectivity index (χ3v) is 5.40. The molecular formula is C23H15Br2N3O5. The lowest BCUT2D eigenvalue weighted by atomic mass is 10.1. The number of carbonyl (C=O) groups excluding carboxylic acids is 1. The van der Waals surface area contributed by atoms with Crippen molar-refractivity contribution < 1.29 is 19.6 Å². The monoisotopic (exact) mass is 571 g/mol. The lowest BCUT2D eigenvalue weighted by molar-refractivity contribution is -0.384. The number of phenolic OH excluding ortho intramolecular Hbond substituents is 1. The zero-order chi connectivity index (χ0) is 24.0. The van der Waals surface area contributed by atoms with Crippen LogP contribution in [-0.4, -0.2) is 15.9 Å². The van der Waals surface area contributed by atoms with Gasteiger partial charge in [-0.1, -0.05) is 15.9 Å². The summed E-state index contributed by atoms with van der Waals surface area (Å²) in [5.41, 5.74) is 1.41. The molecule has 3 aromatic carbocycles. The van der Waals surface area contributed by atoms with Crippen LogP contribution < -0.4 is 10.1 Å². The zero-order valence-electron chi connectivity index (χ0n) is 16.8. The minimum atomic E-state index is -0.624. The van der Waals surface area contributed by atoms with Crippen LogP contribution >= 0.6 is 31.9 Å². The van der Waals surface area contributed by atoms with Crippen LogP contribution in [0.25, 0.3) is 6.08 Å². The predicted octanol–water partition coefficient (Wildman–Crippen LogP) is 5.95. The smallest absolute Gasteiger partial charge is 0.269 e. The number of ether oxygens (including phenoxy) is 1. The van der Waals surface area contributed by atoms with Gasteiger partial charge < -0.3 is 15.2 Å². The van der Waals surface area contributed by atoms with Crippen LogP contribution in [0.1, 0.15) is 11.1 Å². The molecule has 8 nitrogen and oxygen atoms in total. The highest BCUT2D eigenvalue weighted by Crippen LogP contribution is 2.35. The van der Waals surface area contributed by atoms with Gasteiger partial charge >= 0.3 is 0 Å². The molecule has 0 bridgehead atoms. The van der Waals surface area contributed by atoms with Crippen molar-refractivity contribution in [2.24, 2.45) is 0 Å². The number of nitriles is 1. The summed E-state index contributed by atoms with van der Waals surface area (Å²) in [6.07, 6.45) is 1.40. The number of aromatic hydroxyl groups is 1. The van der Waals surface area contributed by atoms with Crippen molar-refractivity contribution in [1.29, 1.82) is 5.26 Å². The van der Waals surface area contributed by atoms with Gasteiger partial charge in [0.1, 0.15) is 29.7 Å². The first-order valence-electron chi connectivity index (χ1n) is 9.34. The number of nitrogens with one attached hydrogen (secondary N) is 1. The van der Waals surface area contributed by atoms with E-state index in [4.69, 9.17) is 4.74 Å². The van der Waals surface area contributed by atoms with Crippen molar-refractivity contribution in [3.63, 3.8) is 0 Å². The summed E-state index contributed by atoms with van der Waals surface area (Å²) in [6.45, 7) is 0.112. The Bertz CT molecular complexity index is 1270. The number of anilines is 1. The Morgan fingerprint density at radius 1 is 1.15 bits per heavy atom. The van der Waals surface area contributed by atoms with Gasteiger partial charge in [0.05, 0.1) is 9.40 Å². The average molecular weight is 573 g/mol. The van der Waals surface area contributed by atoms with Crippen molar-refractivity contribution in [2.45, 2.75) is 6.61 Å². The third-order valence-electron chi connectivity index (χ3n) is 4.36. The molecule has 0 aliphatic heterocycles. The number of hydrogen-bond acceptors (Lipinski definition) is 6. The van der Waals surface area contributed by atoms with Gasteiger partial charge in [-0.15, -0.1) is 0 Å². The Morgan fingerprint density at radius 3 is 2.42 bits per heavy atom. The van der Waals surface area contributed by atoms with E-state index in [9.17, 15) is 25.3 Å². The minimum absolute atomic E-state index is 0.0227. The molecule has 2 N–H and O–H groups in total. The number of phenols is 1. The zero-order valence-corrected chi connectivity index (χ0v) is 20.0. The fourth-order valence-electron chi connectivity index (χ4n) is 2.76. The number of non-ortho nitro benzene ring substituents is 1. The number of nitrogens with zero attached hydrogens (tertiary/aromatic N) is 2. The maximum Gasteiger partial charge on any atom is 0.269 e. The molecule has 0 spiro atoms. The van der Waals surface area contributed by atoms with Gasteiger partial charge in [-0.25, -0.2) is 0 Å². The molecule has 10 heteroatoms. The van der Waals surface area contributed by atoms with Crippen LogP contribution in [0.15, 0.2) is 75.2 Å². The molecule has 33 heavy (non-hydrogen) atoms. The second-order valence-corrected chi connectivity index (χ2v) is 8.46. The SMILES string of the molecule is N#C/C(=C\c1cc(Br)cc(Br)c1OCc1ccc([N+](=O)[O-])cc1)C(=O)Nc1ccc(O)cc1. The molecule has 0 aliphatic carbocycles. The molecule has 0 saturated heterocycles. The Labute approximate surface area is 205 Å². The summed E-state index contributed by atoms with van der Waals surface area (Å²) in [7, 11) is 0. The van der Waals surface area contributed by atoms with E-state index in [0.29, 0.717) is 31.5 Å². The molecule has 0 saturated carbocycles. The van der Waals surface area contributed by atoms with Crippen LogP contribution in [0, 0.1) is 21.4 Å². The summed E-state index contributed by atoms with van der Waals surface area (Å²) >= 11 is 6.82. The molecule has 0 aromatic heterocycles. The summed E-state index contributed by atoms with van der Waals surface area (Å²) in [4.78, 5) is 22.9. The molecule has 3 aromatic rings. The maximum atomic E-state index is 12.6. The van der Waals surface area contributed by atoms with Crippen molar-refractivity contribution in [3.8, 4) is 17.6 Å². The van der Waals surface area contributed by atoms with Crippen LogP contribution in [0.2, 0.25) is 0 Å². The number of nitro groups is 1. The van der Waals surface area contributed by atoms with E-state index in [1.54, 1.807) is 24.3 Å². The lowest BCUT2D eigenvalue weighted by Gasteiger charge is -2.13. The van der Waals surface area contributed by atoms with Gasteiger partial charge in [-0.05, 0) is 76.1 Å². The number of rotatable bonds is 7. The van der Waals surface area contributed by atoms with Crippen molar-refractivity contribution in [2.75, 3.05) is 5.32 Å². The van der Waals surface area contributed by atoms with Gasteiger partial charge in [0.15, 0.2) is 0 Å². The van der Waals surface area contributed by atoms with E-state index in [2.05, 4.69) is 37.2 Å². The van der Waals surface area contributed by atoms with Gasteiger partial charge in [-0.2, -0.15) is 5.26 Å². The standard InChI is InChI=1S/C23H15Br2N3O5/c24-17-10-15(9-16(12-26)23(30)27-18-3-7-20(29)8-4-18)22(21(25)11-17)33-13-14-1-5-19(6-2-14)28(31)32/h1-11,29H,13H2,(H,27,30)/b16-9+. The van der Waals surface area contributed by atoms with Crippen LogP contribution in [-0.2, 0) is 11.4 Å². The minimum Gasteiger partial charge on any atom is -0.508 e. The first-order chi connectivity index (χ1) is 15.8. The number of nitro benzene ring substituents is 1. The highest BCUT2D eigenvalue weighted by molar-refractivity contribution is 9.11. The molecule has 0 radical (unpaired) electrons. The topological polar surface area (TPSA) is 125 Å². The molecule has 166 valence electrons. The van der Waals surface area contributed by atoms with Gasteiger partial charge in [0.2, 0.25) is 0 Å². The number of amides is 1.